The van der Waals surface area contributed by atoms with Gasteiger partial charge in [-0.25, -0.2) is 4.79 Å². The van der Waals surface area contributed by atoms with Gasteiger partial charge in [-0.2, -0.15) is 0 Å². The van der Waals surface area contributed by atoms with Crippen LogP contribution in [0.25, 0.3) is 0 Å². The van der Waals surface area contributed by atoms with Crippen LogP contribution in [0, 0.1) is 5.92 Å². The van der Waals surface area contributed by atoms with Gasteiger partial charge in [0.15, 0.2) is 0 Å². The predicted molar refractivity (Wildman–Crippen MR) is 107 cm³/mol. The van der Waals surface area contributed by atoms with Crippen LogP contribution in [0.4, 0.5) is 0 Å². The normalized spacial score (nSPS) is 15.9. The zero-order valence-corrected chi connectivity index (χ0v) is 16.8. The van der Waals surface area contributed by atoms with Crippen LogP contribution in [0.1, 0.15) is 41.4 Å². The number of hydrogen-bond acceptors (Lipinski definition) is 5. The van der Waals surface area contributed by atoms with Gasteiger partial charge < -0.3 is 18.9 Å². The summed E-state index contributed by atoms with van der Waals surface area (Å²) in [5.41, 5.74) is 3.30. The molecule has 3 rings (SSSR count). The van der Waals surface area contributed by atoms with E-state index in [1.165, 1.54) is 7.11 Å². The SMILES string of the molecule is C=C(C)C(C)COc1ccc2c(c1C(=O)OC)CC(c1ccc(OC)cc1)O2. The first-order valence-electron chi connectivity index (χ1n) is 9.27. The number of hydrogen-bond donors (Lipinski definition) is 0. The van der Waals surface area contributed by atoms with E-state index in [-0.39, 0.29) is 12.0 Å². The first-order valence-corrected chi connectivity index (χ1v) is 9.27. The van der Waals surface area contributed by atoms with Gasteiger partial charge in [-0.05, 0) is 36.8 Å². The van der Waals surface area contributed by atoms with Gasteiger partial charge >= 0.3 is 5.97 Å². The van der Waals surface area contributed by atoms with Crippen LogP contribution in [-0.2, 0) is 11.2 Å². The molecule has 1 aliphatic rings. The van der Waals surface area contributed by atoms with Crippen LogP contribution < -0.4 is 14.2 Å². The van der Waals surface area contributed by atoms with E-state index in [0.29, 0.717) is 30.1 Å². The molecule has 2 unspecified atom stereocenters. The number of carbonyl (C=O) groups excluding carboxylic acids is 1. The van der Waals surface area contributed by atoms with Gasteiger partial charge in [0, 0.05) is 17.9 Å². The number of methoxy groups -OCH3 is 2. The van der Waals surface area contributed by atoms with Crippen molar-refractivity contribution in [1.29, 1.82) is 0 Å². The number of rotatable bonds is 7. The van der Waals surface area contributed by atoms with Crippen LogP contribution in [-0.4, -0.2) is 26.8 Å². The zero-order valence-electron chi connectivity index (χ0n) is 16.8. The summed E-state index contributed by atoms with van der Waals surface area (Å²) in [6.07, 6.45) is 0.396. The van der Waals surface area contributed by atoms with Crippen molar-refractivity contribution in [2.75, 3.05) is 20.8 Å². The summed E-state index contributed by atoms with van der Waals surface area (Å²) in [6.45, 7) is 8.40. The Balaban J connectivity index is 1.88. The van der Waals surface area contributed by atoms with E-state index in [4.69, 9.17) is 18.9 Å². The molecule has 0 fully saturated rings. The second-order valence-corrected chi connectivity index (χ2v) is 7.05. The maximum Gasteiger partial charge on any atom is 0.342 e. The highest BCUT2D eigenvalue weighted by Gasteiger charge is 2.32. The largest absolute Gasteiger partial charge is 0.497 e. The Morgan fingerprint density at radius 1 is 1.21 bits per heavy atom. The molecule has 2 aromatic rings. The Bertz CT molecular complexity index is 869. The van der Waals surface area contributed by atoms with Crippen molar-refractivity contribution in [2.45, 2.75) is 26.4 Å². The molecule has 0 aliphatic carbocycles. The summed E-state index contributed by atoms with van der Waals surface area (Å²) in [5, 5.41) is 0. The molecular formula is C23H26O5. The molecule has 1 heterocycles. The van der Waals surface area contributed by atoms with Crippen molar-refractivity contribution in [3.8, 4) is 17.2 Å². The molecule has 148 valence electrons. The summed E-state index contributed by atoms with van der Waals surface area (Å²) in [5.74, 6) is 1.74. The molecule has 0 aromatic heterocycles. The third-order valence-corrected chi connectivity index (χ3v) is 5.10. The Morgan fingerprint density at radius 3 is 2.54 bits per heavy atom. The second-order valence-electron chi connectivity index (χ2n) is 7.05. The Kier molecular flexibility index (Phi) is 5.93. The molecule has 28 heavy (non-hydrogen) atoms. The van der Waals surface area contributed by atoms with Gasteiger partial charge in [0.05, 0.1) is 20.8 Å². The molecule has 1 aliphatic heterocycles. The smallest absolute Gasteiger partial charge is 0.342 e. The zero-order chi connectivity index (χ0) is 20.3. The number of carbonyl (C=O) groups is 1. The number of fused-ring (bicyclic) bond motifs is 1. The van der Waals surface area contributed by atoms with Gasteiger partial charge in [0.1, 0.15) is 28.9 Å². The fourth-order valence-corrected chi connectivity index (χ4v) is 3.11. The van der Waals surface area contributed by atoms with Gasteiger partial charge in [-0.1, -0.05) is 31.2 Å². The quantitative estimate of drug-likeness (QED) is 0.511. The minimum Gasteiger partial charge on any atom is -0.497 e. The lowest BCUT2D eigenvalue weighted by molar-refractivity contribution is 0.0594. The van der Waals surface area contributed by atoms with Crippen molar-refractivity contribution in [3.63, 3.8) is 0 Å². The first-order chi connectivity index (χ1) is 13.4. The molecule has 0 radical (unpaired) electrons. The molecular weight excluding hydrogens is 356 g/mol. The fourth-order valence-electron chi connectivity index (χ4n) is 3.11. The lowest BCUT2D eigenvalue weighted by Gasteiger charge is -2.16. The topological polar surface area (TPSA) is 54.0 Å². The van der Waals surface area contributed by atoms with Gasteiger partial charge in [0.2, 0.25) is 0 Å². The van der Waals surface area contributed by atoms with E-state index in [9.17, 15) is 4.79 Å². The lowest BCUT2D eigenvalue weighted by atomic mass is 9.98. The summed E-state index contributed by atoms with van der Waals surface area (Å²) in [7, 11) is 3.01. The van der Waals surface area contributed by atoms with Crippen molar-refractivity contribution >= 4 is 5.97 Å². The van der Waals surface area contributed by atoms with E-state index < -0.39 is 5.97 Å². The van der Waals surface area contributed by atoms with E-state index in [1.54, 1.807) is 13.2 Å². The molecule has 0 saturated heterocycles. The average molecular weight is 382 g/mol. The van der Waals surface area contributed by atoms with Crippen LogP contribution in [0.3, 0.4) is 0 Å². The Morgan fingerprint density at radius 2 is 1.93 bits per heavy atom. The highest BCUT2D eigenvalue weighted by Crippen LogP contribution is 2.42. The van der Waals surface area contributed by atoms with Gasteiger partial charge in [-0.3, -0.25) is 0 Å². The molecule has 0 N–H and O–H groups in total. The van der Waals surface area contributed by atoms with E-state index in [2.05, 4.69) is 6.58 Å². The van der Waals surface area contributed by atoms with Crippen molar-refractivity contribution in [2.24, 2.45) is 5.92 Å². The fraction of sp³-hybridized carbons (Fsp3) is 0.348. The van der Waals surface area contributed by atoms with E-state index in [0.717, 1.165) is 22.4 Å². The number of benzene rings is 2. The standard InChI is InChI=1S/C23H26O5/c1-14(2)15(3)13-27-20-11-10-19-18(22(20)23(24)26-5)12-21(28-19)16-6-8-17(25-4)9-7-16/h6-11,15,21H,1,12-13H2,2-5H3. The molecule has 5 nitrogen and oxygen atoms in total. The second kappa shape index (κ2) is 8.38. The molecule has 0 spiro atoms. The summed E-state index contributed by atoms with van der Waals surface area (Å²) < 4.78 is 22.3. The molecule has 0 saturated carbocycles. The monoisotopic (exact) mass is 382 g/mol. The Labute approximate surface area is 165 Å². The van der Waals surface area contributed by atoms with Gasteiger partial charge in [0.25, 0.3) is 0 Å². The van der Waals surface area contributed by atoms with Crippen LogP contribution in [0.15, 0.2) is 48.6 Å². The third kappa shape index (κ3) is 3.98. The minimum atomic E-state index is -0.422. The van der Waals surface area contributed by atoms with Crippen LogP contribution in [0.2, 0.25) is 0 Å². The summed E-state index contributed by atoms with van der Waals surface area (Å²) in [4.78, 5) is 12.5. The van der Waals surface area contributed by atoms with Gasteiger partial charge in [-0.15, -0.1) is 0 Å². The summed E-state index contributed by atoms with van der Waals surface area (Å²) in [6, 6.07) is 11.4. The minimum absolute atomic E-state index is 0.172. The third-order valence-electron chi connectivity index (χ3n) is 5.10. The molecule has 2 atom stereocenters. The number of esters is 1. The number of ether oxygens (including phenoxy) is 4. The Hall–Kier alpha value is -2.95. The molecule has 0 amide bonds. The molecule has 0 bridgehead atoms. The van der Waals surface area contributed by atoms with Crippen molar-refractivity contribution < 1.29 is 23.7 Å². The van der Waals surface area contributed by atoms with E-state index >= 15 is 0 Å². The lowest BCUT2D eigenvalue weighted by Crippen LogP contribution is -2.13. The highest BCUT2D eigenvalue weighted by atomic mass is 16.5. The molecule has 2 aromatic carbocycles. The van der Waals surface area contributed by atoms with Crippen molar-refractivity contribution in [1.82, 2.24) is 0 Å². The van der Waals surface area contributed by atoms with E-state index in [1.807, 2.05) is 44.2 Å². The van der Waals surface area contributed by atoms with Crippen molar-refractivity contribution in [3.05, 3.63) is 65.2 Å². The highest BCUT2D eigenvalue weighted by molar-refractivity contribution is 5.95. The van der Waals surface area contributed by atoms with Crippen LogP contribution in [0.5, 0.6) is 17.2 Å². The average Bonchev–Trinajstić information content (AvgIpc) is 3.15. The molecule has 5 heteroatoms. The predicted octanol–water partition coefficient (Wildman–Crippen LogP) is 4.75. The maximum absolute atomic E-state index is 12.5. The maximum atomic E-state index is 12.5. The van der Waals surface area contributed by atoms with Crippen LogP contribution >= 0.6 is 0 Å². The first kappa shape index (κ1) is 19.8. The summed E-state index contributed by atoms with van der Waals surface area (Å²) >= 11 is 0.